The maximum atomic E-state index is 12.3. The lowest BCUT2D eigenvalue weighted by molar-refractivity contribution is 0.0931. The number of anilines is 1. The number of pyridine rings is 2. The summed E-state index contributed by atoms with van der Waals surface area (Å²) < 4.78 is 0. The second-order valence-electron chi connectivity index (χ2n) is 5.66. The molecule has 3 N–H and O–H groups in total. The van der Waals surface area contributed by atoms with Crippen LogP contribution in [0.4, 0.5) is 5.82 Å². The first-order valence-corrected chi connectivity index (χ1v) is 7.88. The maximum Gasteiger partial charge on any atom is 0.251 e. The van der Waals surface area contributed by atoms with Crippen LogP contribution in [0.5, 0.6) is 0 Å². The summed E-state index contributed by atoms with van der Waals surface area (Å²) in [6.07, 6.45) is 5.26. The summed E-state index contributed by atoms with van der Waals surface area (Å²) in [5.74, 6) is 0.942. The van der Waals surface area contributed by atoms with Gasteiger partial charge in [0.1, 0.15) is 5.82 Å². The Kier molecular flexibility index (Phi) is 8.61. The third-order valence-corrected chi connectivity index (χ3v) is 4.09. The number of carbonyl (C=O) groups excluding carboxylic acids is 1. The van der Waals surface area contributed by atoms with E-state index in [2.05, 4.69) is 20.2 Å². The Labute approximate surface area is 160 Å². The fourth-order valence-electron chi connectivity index (χ4n) is 2.79. The Hall–Kier alpha value is -1.89. The van der Waals surface area contributed by atoms with Gasteiger partial charge in [-0.2, -0.15) is 0 Å². The van der Waals surface area contributed by atoms with E-state index in [0.717, 1.165) is 37.4 Å². The highest BCUT2D eigenvalue weighted by atomic mass is 35.5. The zero-order valence-electron chi connectivity index (χ0n) is 13.8. The summed E-state index contributed by atoms with van der Waals surface area (Å²) in [5, 5.41) is 3.10. The maximum absolute atomic E-state index is 12.3. The van der Waals surface area contributed by atoms with Gasteiger partial charge >= 0.3 is 0 Å². The van der Waals surface area contributed by atoms with Crippen molar-refractivity contribution in [2.75, 3.05) is 18.0 Å². The highest BCUT2D eigenvalue weighted by molar-refractivity contribution is 5.94. The number of piperidine rings is 1. The van der Waals surface area contributed by atoms with Crippen LogP contribution in [0.15, 0.2) is 42.7 Å². The molecule has 0 bridgehead atoms. The molecule has 0 aromatic carbocycles. The molecule has 1 aliphatic rings. The van der Waals surface area contributed by atoms with Gasteiger partial charge in [0.05, 0.1) is 5.69 Å². The van der Waals surface area contributed by atoms with Gasteiger partial charge in [-0.15, -0.1) is 24.8 Å². The van der Waals surface area contributed by atoms with Crippen LogP contribution >= 0.6 is 24.8 Å². The summed E-state index contributed by atoms with van der Waals surface area (Å²) in [5.41, 5.74) is 6.91. The highest BCUT2D eigenvalue weighted by Gasteiger charge is 2.21. The molecule has 1 amide bonds. The molecule has 1 saturated heterocycles. The third-order valence-electron chi connectivity index (χ3n) is 4.09. The first-order valence-electron chi connectivity index (χ1n) is 7.88. The molecule has 2 aromatic rings. The summed E-state index contributed by atoms with van der Waals surface area (Å²) in [6, 6.07) is 9.59. The Balaban J connectivity index is 0.00000156. The number of aromatic nitrogens is 2. The minimum atomic E-state index is -0.0570. The fourth-order valence-corrected chi connectivity index (χ4v) is 2.79. The highest BCUT2D eigenvalue weighted by Crippen LogP contribution is 2.17. The molecule has 0 spiro atoms. The van der Waals surface area contributed by atoms with Gasteiger partial charge in [0.25, 0.3) is 5.91 Å². The van der Waals surface area contributed by atoms with Gasteiger partial charge in [-0.3, -0.25) is 9.78 Å². The normalized spacial score (nSPS) is 14.2. The van der Waals surface area contributed by atoms with Crippen molar-refractivity contribution in [2.45, 2.75) is 25.4 Å². The predicted octanol–water partition coefficient (Wildman–Crippen LogP) is 2.18. The van der Waals surface area contributed by atoms with Crippen molar-refractivity contribution in [1.82, 2.24) is 15.3 Å². The quantitative estimate of drug-likeness (QED) is 0.844. The second kappa shape index (κ2) is 10.2. The standard InChI is InChI=1S/C17H21N5O.2ClH/c18-12-15-11-13(4-8-19-15)17(23)21-14-5-9-22(10-6-14)16-3-1-2-7-20-16;;/h1-4,7-8,11,14H,5-6,9-10,12,18H2,(H,21,23);2*1H. The first-order chi connectivity index (χ1) is 11.3. The van der Waals surface area contributed by atoms with Crippen LogP contribution in [0.3, 0.4) is 0 Å². The molecule has 1 aliphatic heterocycles. The van der Waals surface area contributed by atoms with E-state index in [1.54, 1.807) is 18.3 Å². The first kappa shape index (κ1) is 21.2. The number of amides is 1. The van der Waals surface area contributed by atoms with Gasteiger partial charge in [-0.05, 0) is 37.1 Å². The van der Waals surface area contributed by atoms with Crippen LogP contribution < -0.4 is 16.0 Å². The molecular formula is C17H23Cl2N5O. The smallest absolute Gasteiger partial charge is 0.251 e. The second-order valence-corrected chi connectivity index (χ2v) is 5.66. The predicted molar refractivity (Wildman–Crippen MR) is 104 cm³/mol. The van der Waals surface area contributed by atoms with Gasteiger partial charge in [-0.25, -0.2) is 4.98 Å². The van der Waals surface area contributed by atoms with Crippen LogP contribution in [0.1, 0.15) is 28.9 Å². The molecule has 3 heterocycles. The average molecular weight is 384 g/mol. The van der Waals surface area contributed by atoms with Crippen LogP contribution in [0.2, 0.25) is 0 Å². The van der Waals surface area contributed by atoms with Gasteiger partial charge in [-0.1, -0.05) is 6.07 Å². The molecule has 3 rings (SSSR count). The number of hydrogen-bond acceptors (Lipinski definition) is 5. The minimum Gasteiger partial charge on any atom is -0.356 e. The Bertz CT molecular complexity index is 663. The van der Waals surface area contributed by atoms with Gasteiger partial charge in [0.2, 0.25) is 0 Å². The molecule has 0 radical (unpaired) electrons. The molecule has 6 nitrogen and oxygen atoms in total. The van der Waals surface area contributed by atoms with Crippen molar-refractivity contribution in [3.63, 3.8) is 0 Å². The number of halogens is 2. The number of nitrogens with zero attached hydrogens (tertiary/aromatic N) is 3. The van der Waals surface area contributed by atoms with Crippen molar-refractivity contribution >= 4 is 36.5 Å². The van der Waals surface area contributed by atoms with Crippen LogP contribution in [0.25, 0.3) is 0 Å². The van der Waals surface area contributed by atoms with Crippen LogP contribution in [0, 0.1) is 0 Å². The molecule has 0 unspecified atom stereocenters. The average Bonchev–Trinajstić information content (AvgIpc) is 2.63. The lowest BCUT2D eigenvalue weighted by Gasteiger charge is -2.33. The molecule has 25 heavy (non-hydrogen) atoms. The molecule has 0 atom stereocenters. The topological polar surface area (TPSA) is 84.1 Å². The van der Waals surface area contributed by atoms with Gasteiger partial charge in [0, 0.05) is 43.6 Å². The van der Waals surface area contributed by atoms with E-state index >= 15 is 0 Å². The molecule has 0 aliphatic carbocycles. The number of carbonyl (C=O) groups is 1. The number of hydrogen-bond donors (Lipinski definition) is 2. The lowest BCUT2D eigenvalue weighted by atomic mass is 10.0. The molecule has 2 aromatic heterocycles. The minimum absolute atomic E-state index is 0. The van der Waals surface area contributed by atoms with E-state index in [-0.39, 0.29) is 36.8 Å². The molecule has 136 valence electrons. The Morgan fingerprint density at radius 3 is 2.56 bits per heavy atom. The molecule has 8 heteroatoms. The van der Waals surface area contributed by atoms with E-state index in [1.807, 2.05) is 24.4 Å². The van der Waals surface area contributed by atoms with Gasteiger partial charge in [0.15, 0.2) is 0 Å². The summed E-state index contributed by atoms with van der Waals surface area (Å²) in [4.78, 5) is 23.1. The third kappa shape index (κ3) is 5.56. The van der Waals surface area contributed by atoms with Gasteiger partial charge < -0.3 is 16.0 Å². The number of nitrogens with one attached hydrogen (secondary N) is 1. The fraction of sp³-hybridized carbons (Fsp3) is 0.353. The van der Waals surface area contributed by atoms with E-state index in [9.17, 15) is 4.79 Å². The lowest BCUT2D eigenvalue weighted by Crippen LogP contribution is -2.45. The van der Waals surface area contributed by atoms with Crippen molar-refractivity contribution in [1.29, 1.82) is 0 Å². The molecule has 0 saturated carbocycles. The number of nitrogens with two attached hydrogens (primary N) is 1. The molecular weight excluding hydrogens is 361 g/mol. The van der Waals surface area contributed by atoms with Crippen LogP contribution in [-0.4, -0.2) is 35.0 Å². The molecule has 1 fully saturated rings. The summed E-state index contributed by atoms with van der Waals surface area (Å²) in [7, 11) is 0. The largest absolute Gasteiger partial charge is 0.356 e. The van der Waals surface area contributed by atoms with E-state index in [1.165, 1.54) is 0 Å². The summed E-state index contributed by atoms with van der Waals surface area (Å²) in [6.45, 7) is 2.13. The number of rotatable bonds is 4. The monoisotopic (exact) mass is 383 g/mol. The van der Waals surface area contributed by atoms with Crippen LogP contribution in [-0.2, 0) is 6.54 Å². The van der Waals surface area contributed by atoms with E-state index < -0.39 is 0 Å². The van der Waals surface area contributed by atoms with E-state index in [4.69, 9.17) is 5.73 Å². The zero-order chi connectivity index (χ0) is 16.1. The van der Waals surface area contributed by atoms with Crippen molar-refractivity contribution in [3.05, 3.63) is 54.0 Å². The Morgan fingerprint density at radius 1 is 1.16 bits per heavy atom. The summed E-state index contributed by atoms with van der Waals surface area (Å²) >= 11 is 0. The zero-order valence-corrected chi connectivity index (χ0v) is 15.4. The van der Waals surface area contributed by atoms with E-state index in [0.29, 0.717) is 12.1 Å². The van der Waals surface area contributed by atoms with Crippen molar-refractivity contribution in [2.24, 2.45) is 5.73 Å². The SMILES string of the molecule is Cl.Cl.NCc1cc(C(=O)NC2CCN(c3ccccn3)CC2)ccn1. The van der Waals surface area contributed by atoms with Crippen molar-refractivity contribution in [3.8, 4) is 0 Å². The van der Waals surface area contributed by atoms with Crippen molar-refractivity contribution < 1.29 is 4.79 Å². The Morgan fingerprint density at radius 2 is 1.92 bits per heavy atom.